The van der Waals surface area contributed by atoms with E-state index in [1.807, 2.05) is 6.92 Å². The molecule has 7 heteroatoms. The predicted molar refractivity (Wildman–Crippen MR) is 112 cm³/mol. The van der Waals surface area contributed by atoms with Crippen molar-refractivity contribution in [3.63, 3.8) is 0 Å². The lowest BCUT2D eigenvalue weighted by atomic mass is 10.1. The number of rotatable bonds is 7. The van der Waals surface area contributed by atoms with Crippen LogP contribution in [0.4, 0.5) is 5.69 Å². The number of nitrogens with zero attached hydrogens (tertiary/aromatic N) is 1. The van der Waals surface area contributed by atoms with Crippen molar-refractivity contribution in [3.05, 3.63) is 76.7 Å². The number of carbonyl (C=O) groups excluding carboxylic acids is 2. The zero-order valence-corrected chi connectivity index (χ0v) is 16.7. The lowest BCUT2D eigenvalue weighted by molar-refractivity contribution is -0.115. The summed E-state index contributed by atoms with van der Waals surface area (Å²) in [5, 5.41) is 9.19. The molecule has 7 nitrogen and oxygen atoms in total. The Kier molecular flexibility index (Phi) is 6.50. The van der Waals surface area contributed by atoms with Crippen LogP contribution >= 0.6 is 0 Å². The molecule has 0 aliphatic heterocycles. The number of terminal acetylenes is 1. The van der Waals surface area contributed by atoms with Crippen molar-refractivity contribution in [2.45, 2.75) is 20.5 Å². The minimum Gasteiger partial charge on any atom is -0.488 e. The second-order valence-electron chi connectivity index (χ2n) is 6.54. The Labute approximate surface area is 174 Å². The molecule has 0 atom stereocenters. The Morgan fingerprint density at radius 3 is 2.70 bits per heavy atom. The van der Waals surface area contributed by atoms with E-state index in [4.69, 9.17) is 15.7 Å². The smallest absolute Gasteiger partial charge is 0.255 e. The lowest BCUT2D eigenvalue weighted by Gasteiger charge is -2.12. The zero-order chi connectivity index (χ0) is 21.5. The first-order valence-corrected chi connectivity index (χ1v) is 9.26. The third-order valence-corrected chi connectivity index (χ3v) is 4.41. The molecule has 2 aromatic carbocycles. The largest absolute Gasteiger partial charge is 0.488 e. The van der Waals surface area contributed by atoms with Crippen molar-refractivity contribution in [2.24, 2.45) is 0 Å². The molecule has 2 N–H and O–H groups in total. The van der Waals surface area contributed by atoms with Crippen LogP contribution in [-0.2, 0) is 11.4 Å². The fraction of sp³-hybridized carbons (Fsp3) is 0.174. The number of anilines is 1. The molecule has 2 amide bonds. The maximum Gasteiger partial charge on any atom is 0.255 e. The fourth-order valence-corrected chi connectivity index (χ4v) is 2.79. The number of hydrogen-bond donors (Lipinski definition) is 2. The van der Waals surface area contributed by atoms with Gasteiger partial charge >= 0.3 is 0 Å². The summed E-state index contributed by atoms with van der Waals surface area (Å²) in [6, 6.07) is 13.7. The minimum atomic E-state index is -0.420. The summed E-state index contributed by atoms with van der Waals surface area (Å²) in [6.07, 6.45) is 5.36. The van der Waals surface area contributed by atoms with Crippen molar-refractivity contribution in [3.8, 4) is 18.1 Å². The number of amides is 2. The van der Waals surface area contributed by atoms with E-state index in [1.165, 1.54) is 0 Å². The molecule has 0 aliphatic carbocycles. The Balaban J connectivity index is 1.60. The molecule has 0 bridgehead atoms. The molecule has 3 aromatic rings. The summed E-state index contributed by atoms with van der Waals surface area (Å²) in [5.74, 6) is 2.78. The third kappa shape index (κ3) is 5.06. The second-order valence-corrected chi connectivity index (χ2v) is 6.54. The molecule has 0 spiro atoms. The van der Waals surface area contributed by atoms with E-state index in [1.54, 1.807) is 55.5 Å². The van der Waals surface area contributed by atoms with Crippen molar-refractivity contribution in [1.29, 1.82) is 0 Å². The average Bonchev–Trinajstić information content (AvgIpc) is 3.08. The zero-order valence-electron chi connectivity index (χ0n) is 16.7. The van der Waals surface area contributed by atoms with Gasteiger partial charge in [-0.1, -0.05) is 29.3 Å². The average molecular weight is 403 g/mol. The minimum absolute atomic E-state index is 0.197. The molecule has 0 saturated carbocycles. The highest BCUT2D eigenvalue weighted by Gasteiger charge is 2.15. The first-order valence-electron chi connectivity index (χ1n) is 9.26. The molecule has 1 heterocycles. The fourth-order valence-electron chi connectivity index (χ4n) is 2.79. The van der Waals surface area contributed by atoms with Crippen LogP contribution in [0.3, 0.4) is 0 Å². The molecular formula is C23H21N3O4. The van der Waals surface area contributed by atoms with E-state index >= 15 is 0 Å². The highest BCUT2D eigenvalue weighted by atomic mass is 16.5. The number of aromatic nitrogens is 1. The van der Waals surface area contributed by atoms with Gasteiger partial charge in [-0.05, 0) is 44.2 Å². The summed E-state index contributed by atoms with van der Waals surface area (Å²) in [6.45, 7) is 3.65. The van der Waals surface area contributed by atoms with Gasteiger partial charge in [-0.2, -0.15) is 0 Å². The van der Waals surface area contributed by atoms with Crippen LogP contribution in [0, 0.1) is 26.2 Å². The maximum absolute atomic E-state index is 12.6. The molecule has 0 radical (unpaired) electrons. The van der Waals surface area contributed by atoms with E-state index in [0.717, 1.165) is 11.3 Å². The van der Waals surface area contributed by atoms with Crippen LogP contribution in [0.5, 0.6) is 5.75 Å². The molecule has 0 aliphatic rings. The van der Waals surface area contributed by atoms with Gasteiger partial charge < -0.3 is 19.9 Å². The first kappa shape index (κ1) is 20.7. The molecule has 0 fully saturated rings. The monoisotopic (exact) mass is 403 g/mol. The van der Waals surface area contributed by atoms with Crippen LogP contribution in [0.15, 0.2) is 53.1 Å². The molecule has 3 rings (SSSR count). The SMILES string of the molecule is C#Cc1cccc(NC(=O)CNC(=O)c2ccccc2OCc2c(C)noc2C)c1. The number of hydrogen-bond acceptors (Lipinski definition) is 5. The number of ether oxygens (including phenoxy) is 1. The van der Waals surface area contributed by atoms with Crippen LogP contribution < -0.4 is 15.4 Å². The van der Waals surface area contributed by atoms with Gasteiger partial charge in [0, 0.05) is 11.3 Å². The van der Waals surface area contributed by atoms with E-state index in [-0.39, 0.29) is 19.1 Å². The van der Waals surface area contributed by atoms with Gasteiger partial charge in [-0.25, -0.2) is 0 Å². The second kappa shape index (κ2) is 9.43. The van der Waals surface area contributed by atoms with Crippen molar-refractivity contribution < 1.29 is 18.8 Å². The lowest BCUT2D eigenvalue weighted by Crippen LogP contribution is -2.33. The summed E-state index contributed by atoms with van der Waals surface area (Å²) < 4.78 is 10.9. The Morgan fingerprint density at radius 2 is 1.97 bits per heavy atom. The van der Waals surface area contributed by atoms with Crippen molar-refractivity contribution in [2.75, 3.05) is 11.9 Å². The van der Waals surface area contributed by atoms with E-state index in [2.05, 4.69) is 21.7 Å². The van der Waals surface area contributed by atoms with Gasteiger partial charge in [0.2, 0.25) is 5.91 Å². The number of para-hydroxylation sites is 1. The maximum atomic E-state index is 12.6. The highest BCUT2D eigenvalue weighted by Crippen LogP contribution is 2.21. The quantitative estimate of drug-likeness (QED) is 0.591. The van der Waals surface area contributed by atoms with Crippen LogP contribution in [0.25, 0.3) is 0 Å². The number of nitrogens with one attached hydrogen (secondary N) is 2. The van der Waals surface area contributed by atoms with Gasteiger partial charge in [0.1, 0.15) is 18.1 Å². The summed E-state index contributed by atoms with van der Waals surface area (Å²) >= 11 is 0. The number of aryl methyl sites for hydroxylation is 2. The first-order chi connectivity index (χ1) is 14.5. The molecule has 30 heavy (non-hydrogen) atoms. The van der Waals surface area contributed by atoms with E-state index < -0.39 is 5.91 Å². The van der Waals surface area contributed by atoms with Crippen LogP contribution in [0.1, 0.15) is 32.9 Å². The topological polar surface area (TPSA) is 93.5 Å². The number of carbonyl (C=O) groups is 2. The molecule has 0 saturated heterocycles. The van der Waals surface area contributed by atoms with E-state index in [0.29, 0.717) is 28.3 Å². The Bertz CT molecular complexity index is 1090. The molecular weight excluding hydrogens is 382 g/mol. The molecule has 1 aromatic heterocycles. The normalized spacial score (nSPS) is 10.2. The molecule has 152 valence electrons. The van der Waals surface area contributed by atoms with Crippen LogP contribution in [-0.4, -0.2) is 23.5 Å². The summed E-state index contributed by atoms with van der Waals surface area (Å²) in [7, 11) is 0. The molecule has 0 unspecified atom stereocenters. The Morgan fingerprint density at radius 1 is 1.17 bits per heavy atom. The number of benzene rings is 2. The van der Waals surface area contributed by atoms with Gasteiger partial charge in [0.15, 0.2) is 0 Å². The Hall–Kier alpha value is -4.05. The van der Waals surface area contributed by atoms with Crippen molar-refractivity contribution in [1.82, 2.24) is 10.5 Å². The van der Waals surface area contributed by atoms with Crippen LogP contribution in [0.2, 0.25) is 0 Å². The van der Waals surface area contributed by atoms with Gasteiger partial charge in [0.25, 0.3) is 5.91 Å². The van der Waals surface area contributed by atoms with Gasteiger partial charge in [0.05, 0.1) is 23.4 Å². The van der Waals surface area contributed by atoms with E-state index in [9.17, 15) is 9.59 Å². The van der Waals surface area contributed by atoms with Crippen molar-refractivity contribution >= 4 is 17.5 Å². The summed E-state index contributed by atoms with van der Waals surface area (Å²) in [4.78, 5) is 24.8. The van der Waals surface area contributed by atoms with Gasteiger partial charge in [-0.3, -0.25) is 9.59 Å². The highest BCUT2D eigenvalue weighted by molar-refractivity contribution is 6.00. The standard InChI is InChI=1S/C23H21N3O4/c1-4-17-8-7-9-18(12-17)25-22(27)13-24-23(28)19-10-5-6-11-21(19)29-14-20-15(2)26-30-16(20)3/h1,5-12H,13-14H2,2-3H3,(H,24,28)(H,25,27). The predicted octanol–water partition coefficient (Wildman–Crippen LogP) is 3.22. The summed E-state index contributed by atoms with van der Waals surface area (Å²) in [5.41, 5.74) is 3.11. The third-order valence-electron chi connectivity index (χ3n) is 4.41. The van der Waals surface area contributed by atoms with Gasteiger partial charge in [-0.15, -0.1) is 6.42 Å².